The van der Waals surface area contributed by atoms with Crippen LogP contribution in [0, 0.1) is 18.6 Å². The Bertz CT molecular complexity index is 2030. The van der Waals surface area contributed by atoms with Crippen LogP contribution in [-0.2, 0) is 38.7 Å². The zero-order valence-electron chi connectivity index (χ0n) is 28.7. The van der Waals surface area contributed by atoms with Crippen LogP contribution in [0.1, 0.15) is 47.9 Å². The lowest BCUT2D eigenvalue weighted by molar-refractivity contribution is -0.0405. The predicted molar refractivity (Wildman–Crippen MR) is 183 cm³/mol. The zero-order chi connectivity index (χ0) is 35.8. The molecule has 0 aliphatic carbocycles. The van der Waals surface area contributed by atoms with Crippen molar-refractivity contribution in [2.45, 2.75) is 49.6 Å². The standard InChI is InChI=1S/C34H40F2N8O5S/c1-21-15-28(41-44(21)29-9-7-8-14-49-29)43(19-22-10-12-24(47-4)13-11-22)33-32(48-5)31(23-18-38-42(3)20-23)39-34(37-2,40-33)30-26(35)16-25(17-27(30)36)50(6,45)46/h10-13,15-18,20,29,37,39H,7-9,14,19H2,1-6H3. The third kappa shape index (κ3) is 6.69. The monoisotopic (exact) mass is 710 g/mol. The van der Waals surface area contributed by atoms with Crippen LogP contribution in [-0.4, -0.2) is 67.9 Å². The highest BCUT2D eigenvalue weighted by Crippen LogP contribution is 2.38. The first kappa shape index (κ1) is 35.0. The first-order chi connectivity index (χ1) is 23.9. The number of methoxy groups -OCH3 is 2. The van der Waals surface area contributed by atoms with Crippen LogP contribution in [0.3, 0.4) is 0 Å². The highest BCUT2D eigenvalue weighted by molar-refractivity contribution is 7.90. The number of ether oxygens (including phenoxy) is 3. The van der Waals surface area contributed by atoms with Gasteiger partial charge >= 0.3 is 0 Å². The molecule has 0 radical (unpaired) electrons. The number of rotatable bonds is 10. The number of hydrogen-bond acceptors (Lipinski definition) is 11. The lowest BCUT2D eigenvalue weighted by atomic mass is 10.0. The van der Waals surface area contributed by atoms with Crippen molar-refractivity contribution >= 4 is 27.2 Å². The van der Waals surface area contributed by atoms with Gasteiger partial charge in [0.05, 0.1) is 43.1 Å². The highest BCUT2D eigenvalue weighted by atomic mass is 32.2. The van der Waals surface area contributed by atoms with E-state index in [1.807, 2.05) is 41.9 Å². The minimum Gasteiger partial charge on any atom is -0.497 e. The lowest BCUT2D eigenvalue weighted by Crippen LogP contribution is -2.56. The van der Waals surface area contributed by atoms with Crippen molar-refractivity contribution in [2.24, 2.45) is 12.0 Å². The van der Waals surface area contributed by atoms with E-state index in [1.165, 1.54) is 14.2 Å². The van der Waals surface area contributed by atoms with Crippen molar-refractivity contribution in [3.8, 4) is 5.75 Å². The van der Waals surface area contributed by atoms with E-state index in [0.717, 1.165) is 48.9 Å². The van der Waals surface area contributed by atoms with Crippen molar-refractivity contribution in [2.75, 3.05) is 39.0 Å². The molecule has 1 fully saturated rings. The maximum Gasteiger partial charge on any atom is 0.219 e. The quantitative estimate of drug-likeness (QED) is 0.244. The lowest BCUT2D eigenvalue weighted by Gasteiger charge is -2.40. The first-order valence-corrected chi connectivity index (χ1v) is 17.9. The number of amidine groups is 1. The Hall–Kier alpha value is -4.80. The Labute approximate surface area is 289 Å². The van der Waals surface area contributed by atoms with Gasteiger partial charge in [0.25, 0.3) is 0 Å². The minimum absolute atomic E-state index is 0.176. The van der Waals surface area contributed by atoms with Gasteiger partial charge in [-0.05, 0) is 63.1 Å². The maximum atomic E-state index is 16.1. The summed E-state index contributed by atoms with van der Waals surface area (Å²) < 4.78 is 77.7. The molecule has 2 aliphatic rings. The smallest absolute Gasteiger partial charge is 0.219 e. The summed E-state index contributed by atoms with van der Waals surface area (Å²) in [7, 11) is 2.36. The zero-order valence-corrected chi connectivity index (χ0v) is 29.5. The molecular weight excluding hydrogens is 670 g/mol. The van der Waals surface area contributed by atoms with Crippen molar-refractivity contribution < 1.29 is 31.4 Å². The summed E-state index contributed by atoms with van der Waals surface area (Å²) in [6.07, 6.45) is 6.69. The summed E-state index contributed by atoms with van der Waals surface area (Å²) in [4.78, 5) is 6.28. The summed E-state index contributed by atoms with van der Waals surface area (Å²) in [6.45, 7) is 2.76. The normalized spacial score (nSPS) is 19.6. The molecule has 0 bridgehead atoms. The average molecular weight is 711 g/mol. The molecule has 4 heterocycles. The fraction of sp³-hybridized carbons (Fsp3) is 0.382. The molecule has 2 aliphatic heterocycles. The van der Waals surface area contributed by atoms with Crippen LogP contribution in [0.5, 0.6) is 5.75 Å². The predicted octanol–water partition coefficient (Wildman–Crippen LogP) is 4.37. The molecule has 2 atom stereocenters. The van der Waals surface area contributed by atoms with Crippen molar-refractivity contribution in [1.29, 1.82) is 0 Å². The molecule has 50 heavy (non-hydrogen) atoms. The molecular formula is C34H40F2N8O5S. The summed E-state index contributed by atoms with van der Waals surface area (Å²) in [5.41, 5.74) is 1.98. The van der Waals surface area contributed by atoms with Gasteiger partial charge in [-0.2, -0.15) is 10.2 Å². The van der Waals surface area contributed by atoms with E-state index in [1.54, 1.807) is 36.1 Å². The van der Waals surface area contributed by atoms with Crippen LogP contribution in [0.25, 0.3) is 5.70 Å². The van der Waals surface area contributed by atoms with Gasteiger partial charge in [-0.3, -0.25) is 10.00 Å². The maximum absolute atomic E-state index is 16.1. The van der Waals surface area contributed by atoms with Gasteiger partial charge in [0.2, 0.25) is 5.79 Å². The molecule has 1 saturated heterocycles. The molecule has 13 nitrogen and oxygen atoms in total. The Morgan fingerprint density at radius 3 is 2.40 bits per heavy atom. The number of aromatic nitrogens is 4. The fourth-order valence-corrected chi connectivity index (χ4v) is 6.81. The van der Waals surface area contributed by atoms with Crippen LogP contribution in [0.4, 0.5) is 14.6 Å². The number of nitrogens with one attached hydrogen (secondary N) is 2. The van der Waals surface area contributed by atoms with Crippen molar-refractivity contribution in [3.63, 3.8) is 0 Å². The number of nitrogens with zero attached hydrogens (tertiary/aromatic N) is 6. The molecule has 0 saturated carbocycles. The second-order valence-electron chi connectivity index (χ2n) is 12.2. The van der Waals surface area contributed by atoms with Gasteiger partial charge in [0.15, 0.2) is 33.5 Å². The largest absolute Gasteiger partial charge is 0.497 e. The first-order valence-electron chi connectivity index (χ1n) is 16.0. The van der Waals surface area contributed by atoms with E-state index in [4.69, 9.17) is 24.3 Å². The van der Waals surface area contributed by atoms with E-state index in [-0.39, 0.29) is 24.4 Å². The van der Waals surface area contributed by atoms with E-state index in [9.17, 15) is 8.42 Å². The summed E-state index contributed by atoms with van der Waals surface area (Å²) in [5, 5.41) is 15.5. The summed E-state index contributed by atoms with van der Waals surface area (Å²) in [5.74, 6) is -2.69. The number of sulfone groups is 1. The molecule has 0 amide bonds. The molecule has 4 aromatic rings. The van der Waals surface area contributed by atoms with E-state index < -0.39 is 37.7 Å². The molecule has 0 spiro atoms. The number of benzene rings is 2. The Kier molecular flexibility index (Phi) is 9.70. The van der Waals surface area contributed by atoms with Gasteiger partial charge < -0.3 is 24.4 Å². The average Bonchev–Trinajstić information content (AvgIpc) is 3.71. The highest BCUT2D eigenvalue weighted by Gasteiger charge is 2.44. The van der Waals surface area contributed by atoms with Crippen molar-refractivity contribution in [1.82, 2.24) is 30.2 Å². The van der Waals surface area contributed by atoms with E-state index >= 15 is 8.78 Å². The van der Waals surface area contributed by atoms with Gasteiger partial charge in [-0.1, -0.05) is 12.1 Å². The second kappa shape index (κ2) is 13.8. The van der Waals surface area contributed by atoms with Crippen molar-refractivity contribution in [3.05, 3.63) is 94.6 Å². The van der Waals surface area contributed by atoms with E-state index in [0.29, 0.717) is 29.4 Å². The van der Waals surface area contributed by atoms with Gasteiger partial charge in [-0.15, -0.1) is 0 Å². The van der Waals surface area contributed by atoms with Crippen LogP contribution in [0.15, 0.2) is 70.5 Å². The van der Waals surface area contributed by atoms with E-state index in [2.05, 4.69) is 15.7 Å². The topological polar surface area (TPSA) is 137 Å². The Morgan fingerprint density at radius 1 is 1.12 bits per heavy atom. The molecule has 2 unspecified atom stereocenters. The number of anilines is 1. The number of hydrogen-bond donors (Lipinski definition) is 2. The molecule has 6 rings (SSSR count). The molecule has 16 heteroatoms. The Balaban J connectivity index is 1.61. The third-order valence-electron chi connectivity index (χ3n) is 8.74. The van der Waals surface area contributed by atoms with Crippen LogP contribution < -0.4 is 20.3 Å². The number of halogens is 2. The van der Waals surface area contributed by atoms with Crippen LogP contribution >= 0.6 is 0 Å². The molecule has 2 aromatic carbocycles. The van der Waals surface area contributed by atoms with Crippen LogP contribution in [0.2, 0.25) is 0 Å². The number of aryl methyl sites for hydroxylation is 2. The SMILES string of the molecule is CNC1(c2c(F)cc(S(C)(=O)=O)cc2F)N=C(N(Cc2ccc(OC)cc2)c2cc(C)n(C3CCCCO3)n2)C(OC)=C(c2cnn(C)c2)N1. The summed E-state index contributed by atoms with van der Waals surface area (Å²) in [6, 6.07) is 10.9. The molecule has 2 aromatic heterocycles. The second-order valence-corrected chi connectivity index (χ2v) is 14.2. The minimum atomic E-state index is -3.93. The van der Waals surface area contributed by atoms with Gasteiger partial charge in [0.1, 0.15) is 17.4 Å². The third-order valence-corrected chi connectivity index (χ3v) is 9.84. The van der Waals surface area contributed by atoms with Gasteiger partial charge in [-0.25, -0.2) is 26.9 Å². The molecule has 2 N–H and O–H groups in total. The fourth-order valence-electron chi connectivity index (χ4n) is 6.18. The van der Waals surface area contributed by atoms with Gasteiger partial charge in [0, 0.05) is 43.4 Å². The summed E-state index contributed by atoms with van der Waals surface area (Å²) >= 11 is 0. The number of aliphatic imine (C=N–C) groups is 1. The Morgan fingerprint density at radius 2 is 1.84 bits per heavy atom. The molecule has 266 valence electrons.